The van der Waals surface area contributed by atoms with E-state index < -0.39 is 11.9 Å². The summed E-state index contributed by atoms with van der Waals surface area (Å²) in [5.41, 5.74) is 1.42. The number of hydrogen-bond donors (Lipinski definition) is 3. The van der Waals surface area contributed by atoms with Gasteiger partial charge in [0, 0.05) is 27.6 Å². The van der Waals surface area contributed by atoms with Crippen molar-refractivity contribution in [3.63, 3.8) is 0 Å². The van der Waals surface area contributed by atoms with E-state index in [2.05, 4.69) is 26.2 Å². The van der Waals surface area contributed by atoms with Crippen molar-refractivity contribution in [2.75, 3.05) is 0 Å². The SMILES string of the molecule is O=C(N[C@H]1CCCCC[C@H]1C(=O)O)c1c[nH]c2cccc(Br)c12. The second-order valence-electron chi connectivity index (χ2n) is 6.03. The Morgan fingerprint density at radius 2 is 2.00 bits per heavy atom. The molecule has 1 aromatic carbocycles. The molecule has 0 unspecified atom stereocenters. The Kier molecular flexibility index (Phi) is 4.71. The molecule has 0 radical (unpaired) electrons. The van der Waals surface area contributed by atoms with E-state index >= 15 is 0 Å². The van der Waals surface area contributed by atoms with Crippen molar-refractivity contribution in [2.45, 2.75) is 38.1 Å². The topological polar surface area (TPSA) is 82.2 Å². The highest BCUT2D eigenvalue weighted by Gasteiger charge is 2.31. The van der Waals surface area contributed by atoms with Gasteiger partial charge in [0.1, 0.15) is 0 Å². The van der Waals surface area contributed by atoms with Gasteiger partial charge >= 0.3 is 5.97 Å². The van der Waals surface area contributed by atoms with Crippen LogP contribution < -0.4 is 5.32 Å². The average Bonchev–Trinajstić information content (AvgIpc) is 2.82. The first-order valence-corrected chi connectivity index (χ1v) is 8.66. The van der Waals surface area contributed by atoms with Crippen LogP contribution in [-0.4, -0.2) is 28.0 Å². The molecule has 5 nitrogen and oxygen atoms in total. The summed E-state index contributed by atoms with van der Waals surface area (Å²) in [4.78, 5) is 27.2. The van der Waals surface area contributed by atoms with Gasteiger partial charge in [0.25, 0.3) is 5.91 Å². The Balaban J connectivity index is 1.86. The van der Waals surface area contributed by atoms with E-state index in [1.165, 1.54) is 0 Å². The molecular weight excluding hydrogens is 360 g/mol. The van der Waals surface area contributed by atoms with Gasteiger partial charge in [0.05, 0.1) is 11.5 Å². The molecule has 1 saturated carbocycles. The number of halogens is 1. The van der Waals surface area contributed by atoms with Crippen LogP contribution in [0.4, 0.5) is 0 Å². The van der Waals surface area contributed by atoms with Crippen LogP contribution in [0.15, 0.2) is 28.9 Å². The van der Waals surface area contributed by atoms with Gasteiger partial charge in [-0.2, -0.15) is 0 Å². The highest BCUT2D eigenvalue weighted by molar-refractivity contribution is 9.10. The smallest absolute Gasteiger partial charge is 0.308 e. The summed E-state index contributed by atoms with van der Waals surface area (Å²) < 4.78 is 0.844. The molecule has 0 aliphatic heterocycles. The van der Waals surface area contributed by atoms with E-state index in [-0.39, 0.29) is 11.9 Å². The van der Waals surface area contributed by atoms with Crippen molar-refractivity contribution in [1.29, 1.82) is 0 Å². The highest BCUT2D eigenvalue weighted by atomic mass is 79.9. The molecule has 1 amide bonds. The fraction of sp³-hybridized carbons (Fsp3) is 0.412. The maximum atomic E-state index is 12.7. The van der Waals surface area contributed by atoms with Gasteiger partial charge in [-0.1, -0.05) is 41.3 Å². The Hall–Kier alpha value is -1.82. The average molecular weight is 379 g/mol. The van der Waals surface area contributed by atoms with E-state index in [0.717, 1.165) is 34.6 Å². The van der Waals surface area contributed by atoms with Crippen LogP contribution in [0.3, 0.4) is 0 Å². The molecule has 0 spiro atoms. The van der Waals surface area contributed by atoms with Crippen LogP contribution in [-0.2, 0) is 4.79 Å². The quantitative estimate of drug-likeness (QED) is 0.712. The molecule has 1 aromatic heterocycles. The lowest BCUT2D eigenvalue weighted by atomic mass is 9.94. The van der Waals surface area contributed by atoms with Crippen LogP contribution in [0.2, 0.25) is 0 Å². The molecule has 1 aliphatic carbocycles. The van der Waals surface area contributed by atoms with Crippen LogP contribution >= 0.6 is 15.9 Å². The summed E-state index contributed by atoms with van der Waals surface area (Å²) in [5, 5.41) is 13.2. The number of rotatable bonds is 3. The Bertz CT molecular complexity index is 741. The number of fused-ring (bicyclic) bond motifs is 1. The molecule has 1 fully saturated rings. The summed E-state index contributed by atoms with van der Waals surface area (Å²) >= 11 is 3.47. The molecule has 122 valence electrons. The van der Waals surface area contributed by atoms with Crippen molar-refractivity contribution in [3.05, 3.63) is 34.4 Å². The zero-order valence-corrected chi connectivity index (χ0v) is 14.2. The summed E-state index contributed by atoms with van der Waals surface area (Å²) in [5.74, 6) is -1.55. The Morgan fingerprint density at radius 1 is 1.22 bits per heavy atom. The number of carbonyl (C=O) groups excluding carboxylic acids is 1. The zero-order chi connectivity index (χ0) is 16.4. The molecule has 1 heterocycles. The maximum Gasteiger partial charge on any atom is 0.308 e. The van der Waals surface area contributed by atoms with Gasteiger partial charge in [-0.3, -0.25) is 9.59 Å². The number of carboxylic acid groups (broad SMARTS) is 1. The van der Waals surface area contributed by atoms with Gasteiger partial charge < -0.3 is 15.4 Å². The molecule has 23 heavy (non-hydrogen) atoms. The van der Waals surface area contributed by atoms with E-state index in [4.69, 9.17) is 0 Å². The summed E-state index contributed by atoms with van der Waals surface area (Å²) in [6.45, 7) is 0. The van der Waals surface area contributed by atoms with Crippen molar-refractivity contribution in [1.82, 2.24) is 10.3 Å². The largest absolute Gasteiger partial charge is 0.481 e. The van der Waals surface area contributed by atoms with E-state index in [0.29, 0.717) is 18.4 Å². The lowest BCUT2D eigenvalue weighted by Crippen LogP contribution is -2.42. The molecule has 2 aromatic rings. The number of aromatic amines is 1. The first-order valence-electron chi connectivity index (χ1n) is 7.87. The number of benzene rings is 1. The number of carboxylic acids is 1. The molecule has 0 bridgehead atoms. The molecule has 3 rings (SSSR count). The predicted molar refractivity (Wildman–Crippen MR) is 91.5 cm³/mol. The first kappa shape index (κ1) is 16.1. The number of carbonyl (C=O) groups is 2. The van der Waals surface area contributed by atoms with Crippen molar-refractivity contribution in [2.24, 2.45) is 5.92 Å². The summed E-state index contributed by atoms with van der Waals surface area (Å²) in [6.07, 6.45) is 5.89. The second-order valence-corrected chi connectivity index (χ2v) is 6.88. The summed E-state index contributed by atoms with van der Waals surface area (Å²) in [7, 11) is 0. The van der Waals surface area contributed by atoms with Crippen molar-refractivity contribution < 1.29 is 14.7 Å². The number of H-pyrrole nitrogens is 1. The van der Waals surface area contributed by atoms with Crippen LogP contribution in [0, 0.1) is 5.92 Å². The van der Waals surface area contributed by atoms with Gasteiger partial charge in [-0.15, -0.1) is 0 Å². The fourth-order valence-corrected chi connectivity index (χ4v) is 3.92. The van der Waals surface area contributed by atoms with Gasteiger partial charge in [-0.05, 0) is 25.0 Å². The van der Waals surface area contributed by atoms with Gasteiger partial charge in [-0.25, -0.2) is 0 Å². The number of aliphatic carboxylic acids is 1. The lowest BCUT2D eigenvalue weighted by Gasteiger charge is -2.22. The third-order valence-electron chi connectivity index (χ3n) is 4.55. The number of amides is 1. The van der Waals surface area contributed by atoms with Crippen LogP contribution in [0.1, 0.15) is 42.5 Å². The van der Waals surface area contributed by atoms with E-state index in [1.807, 2.05) is 18.2 Å². The normalized spacial score (nSPS) is 21.8. The molecule has 0 saturated heterocycles. The third kappa shape index (κ3) is 3.27. The molecule has 1 aliphatic rings. The minimum absolute atomic E-state index is 0.221. The lowest BCUT2D eigenvalue weighted by molar-refractivity contribution is -0.142. The standard InChI is InChI=1S/C17H19BrN2O3/c18-12-6-4-8-14-15(12)11(9-19-14)16(21)20-13-7-3-1-2-5-10(13)17(22)23/h4,6,8-10,13,19H,1-3,5,7H2,(H,20,21)(H,22,23)/t10-,13+/m1/s1. The van der Waals surface area contributed by atoms with Gasteiger partial charge in [0.2, 0.25) is 0 Å². The molecule has 6 heteroatoms. The molecular formula is C17H19BrN2O3. The Labute approximate surface area is 142 Å². The molecule has 3 N–H and O–H groups in total. The fourth-order valence-electron chi connectivity index (χ4n) is 3.34. The third-order valence-corrected chi connectivity index (χ3v) is 5.21. The predicted octanol–water partition coefficient (Wildman–Crippen LogP) is 3.69. The van der Waals surface area contributed by atoms with Gasteiger partial charge in [0.15, 0.2) is 0 Å². The minimum Gasteiger partial charge on any atom is -0.481 e. The van der Waals surface area contributed by atoms with Crippen molar-refractivity contribution >= 4 is 38.7 Å². The van der Waals surface area contributed by atoms with Crippen molar-refractivity contribution in [3.8, 4) is 0 Å². The van der Waals surface area contributed by atoms with E-state index in [9.17, 15) is 14.7 Å². The van der Waals surface area contributed by atoms with E-state index in [1.54, 1.807) is 6.20 Å². The number of nitrogens with one attached hydrogen (secondary N) is 2. The monoisotopic (exact) mass is 378 g/mol. The number of aromatic nitrogens is 1. The zero-order valence-electron chi connectivity index (χ0n) is 12.6. The second kappa shape index (κ2) is 6.74. The Morgan fingerprint density at radius 3 is 2.78 bits per heavy atom. The molecule has 2 atom stereocenters. The number of hydrogen-bond acceptors (Lipinski definition) is 2. The summed E-state index contributed by atoms with van der Waals surface area (Å²) in [6, 6.07) is 5.38. The first-order chi connectivity index (χ1) is 11.1. The van der Waals surface area contributed by atoms with Crippen LogP contribution in [0.5, 0.6) is 0 Å². The maximum absolute atomic E-state index is 12.7. The highest BCUT2D eigenvalue weighted by Crippen LogP contribution is 2.28. The minimum atomic E-state index is -0.822. The van der Waals surface area contributed by atoms with Crippen LogP contribution in [0.25, 0.3) is 10.9 Å².